The summed E-state index contributed by atoms with van der Waals surface area (Å²) in [4.78, 5) is 25.6. The first-order chi connectivity index (χ1) is 12.4. The molecule has 0 radical (unpaired) electrons. The van der Waals surface area contributed by atoms with Gasteiger partial charge in [0.1, 0.15) is 22.9 Å². The van der Waals surface area contributed by atoms with E-state index in [-0.39, 0.29) is 18.0 Å². The van der Waals surface area contributed by atoms with Crippen molar-refractivity contribution in [1.29, 1.82) is 0 Å². The normalized spacial score (nSPS) is 26.4. The number of benzene rings is 1. The first-order valence-corrected chi connectivity index (χ1v) is 9.96. The molecule has 4 nitrogen and oxygen atoms in total. The van der Waals surface area contributed by atoms with E-state index in [0.717, 1.165) is 34.1 Å². The van der Waals surface area contributed by atoms with Gasteiger partial charge in [-0.2, -0.15) is 0 Å². The molecule has 132 valence electrons. The molecule has 6 heteroatoms. The molecular formula is C20H18ClN3OS. The molecule has 2 atom stereocenters. The SMILES string of the molecule is Cc1sc2c(c1C)C(c1ccc(Cl)cc1)=N[C@]1(C[C@H]1C)C1=NCC(=O)N12. The summed E-state index contributed by atoms with van der Waals surface area (Å²) in [7, 11) is 0. The maximum Gasteiger partial charge on any atom is 0.254 e. The number of halogens is 1. The van der Waals surface area contributed by atoms with Crippen LogP contribution in [0, 0.1) is 19.8 Å². The van der Waals surface area contributed by atoms with Crippen LogP contribution in [-0.2, 0) is 4.79 Å². The molecule has 5 rings (SSSR count). The molecule has 1 saturated carbocycles. The van der Waals surface area contributed by atoms with Gasteiger partial charge in [0.05, 0.1) is 5.71 Å². The summed E-state index contributed by atoms with van der Waals surface area (Å²) in [6.45, 7) is 6.62. The van der Waals surface area contributed by atoms with Crippen LogP contribution in [0.3, 0.4) is 0 Å². The summed E-state index contributed by atoms with van der Waals surface area (Å²) in [5.74, 6) is 1.27. The summed E-state index contributed by atoms with van der Waals surface area (Å²) in [5, 5.41) is 1.67. The molecule has 0 bridgehead atoms. The quantitative estimate of drug-likeness (QED) is 0.720. The Balaban J connectivity index is 1.83. The van der Waals surface area contributed by atoms with Crippen LogP contribution in [0.4, 0.5) is 5.00 Å². The average Bonchev–Trinajstić information content (AvgIpc) is 2.98. The Labute approximate surface area is 161 Å². The van der Waals surface area contributed by atoms with Crippen LogP contribution in [0.2, 0.25) is 5.02 Å². The van der Waals surface area contributed by atoms with E-state index < -0.39 is 0 Å². The lowest BCUT2D eigenvalue weighted by Crippen LogP contribution is -2.39. The fourth-order valence-corrected chi connectivity index (χ4v) is 5.29. The molecule has 1 spiro atoms. The third kappa shape index (κ3) is 2.04. The second-order valence-corrected chi connectivity index (χ2v) is 8.97. The lowest BCUT2D eigenvalue weighted by atomic mass is 9.99. The molecule has 1 aromatic carbocycles. The van der Waals surface area contributed by atoms with Crippen molar-refractivity contribution in [2.45, 2.75) is 32.7 Å². The molecular weight excluding hydrogens is 366 g/mol. The van der Waals surface area contributed by atoms with E-state index in [9.17, 15) is 4.79 Å². The van der Waals surface area contributed by atoms with Crippen molar-refractivity contribution in [3.63, 3.8) is 0 Å². The van der Waals surface area contributed by atoms with Crippen LogP contribution in [0.15, 0.2) is 34.3 Å². The van der Waals surface area contributed by atoms with Crippen molar-refractivity contribution in [3.8, 4) is 0 Å². The highest BCUT2D eigenvalue weighted by atomic mass is 35.5. The van der Waals surface area contributed by atoms with Crippen molar-refractivity contribution >= 4 is 45.4 Å². The van der Waals surface area contributed by atoms with Crippen molar-refractivity contribution in [3.05, 3.63) is 50.9 Å². The van der Waals surface area contributed by atoms with E-state index in [1.807, 2.05) is 29.2 Å². The van der Waals surface area contributed by atoms with Gasteiger partial charge in [-0.15, -0.1) is 11.3 Å². The van der Waals surface area contributed by atoms with Crippen LogP contribution in [0.5, 0.6) is 0 Å². The molecule has 3 aliphatic rings. The maximum absolute atomic E-state index is 12.7. The topological polar surface area (TPSA) is 45.0 Å². The molecule has 0 N–H and O–H groups in total. The van der Waals surface area contributed by atoms with Crippen LogP contribution >= 0.6 is 22.9 Å². The number of fused-ring (bicyclic) bond motifs is 4. The second-order valence-electron chi connectivity index (χ2n) is 7.33. The minimum absolute atomic E-state index is 0.0496. The number of aryl methyl sites for hydroxylation is 1. The molecule has 0 unspecified atom stereocenters. The number of carbonyl (C=O) groups is 1. The van der Waals surface area contributed by atoms with Gasteiger partial charge in [-0.1, -0.05) is 30.7 Å². The summed E-state index contributed by atoms with van der Waals surface area (Å²) < 4.78 is 0. The van der Waals surface area contributed by atoms with Crippen LogP contribution in [-0.4, -0.2) is 29.5 Å². The van der Waals surface area contributed by atoms with Gasteiger partial charge < -0.3 is 0 Å². The predicted molar refractivity (Wildman–Crippen MR) is 107 cm³/mol. The van der Waals surface area contributed by atoms with Gasteiger partial charge in [-0.3, -0.25) is 19.7 Å². The lowest BCUT2D eigenvalue weighted by Gasteiger charge is -2.20. The Morgan fingerprint density at radius 2 is 1.96 bits per heavy atom. The summed E-state index contributed by atoms with van der Waals surface area (Å²) in [6, 6.07) is 7.81. The Morgan fingerprint density at radius 3 is 2.62 bits per heavy atom. The first-order valence-electron chi connectivity index (χ1n) is 8.76. The number of carbonyl (C=O) groups excluding carboxylic acids is 1. The second kappa shape index (κ2) is 5.27. The molecule has 1 fully saturated rings. The van der Waals surface area contributed by atoms with Crippen LogP contribution in [0.25, 0.3) is 0 Å². The fourth-order valence-electron chi connectivity index (χ4n) is 3.98. The zero-order valence-corrected chi connectivity index (χ0v) is 16.4. The number of amides is 1. The van der Waals surface area contributed by atoms with E-state index in [1.54, 1.807) is 11.3 Å². The number of hydrogen-bond donors (Lipinski definition) is 0. The molecule has 2 aliphatic heterocycles. The van der Waals surface area contributed by atoms with Gasteiger partial charge in [0.2, 0.25) is 0 Å². The number of aliphatic imine (C=N–C) groups is 2. The summed E-state index contributed by atoms with van der Waals surface area (Å²) >= 11 is 7.76. The molecule has 26 heavy (non-hydrogen) atoms. The molecule has 3 heterocycles. The van der Waals surface area contributed by atoms with Gasteiger partial charge in [-0.05, 0) is 43.9 Å². The van der Waals surface area contributed by atoms with Crippen molar-refractivity contribution < 1.29 is 4.79 Å². The predicted octanol–water partition coefficient (Wildman–Crippen LogP) is 4.39. The van der Waals surface area contributed by atoms with Crippen molar-refractivity contribution in [2.24, 2.45) is 15.9 Å². The number of anilines is 1. The standard InChI is InChI=1S/C20H18ClN3OS/c1-10-8-20(10)19-22-9-15(25)24(19)18-16(11(2)12(3)26-18)17(23-20)13-4-6-14(21)7-5-13/h4-7,10H,8-9H2,1-3H3/t10-,20+/m1/s1. The van der Waals surface area contributed by atoms with Crippen LogP contribution in [0.1, 0.15) is 34.9 Å². The number of nitrogens with zero attached hydrogens (tertiary/aromatic N) is 3. The smallest absolute Gasteiger partial charge is 0.254 e. The van der Waals surface area contributed by atoms with Gasteiger partial charge in [0.25, 0.3) is 5.91 Å². The monoisotopic (exact) mass is 383 g/mol. The average molecular weight is 384 g/mol. The minimum atomic E-state index is -0.375. The van der Waals surface area contributed by atoms with E-state index in [4.69, 9.17) is 16.6 Å². The first kappa shape index (κ1) is 16.2. The van der Waals surface area contributed by atoms with Crippen LogP contribution < -0.4 is 4.90 Å². The maximum atomic E-state index is 12.7. The molecule has 1 aliphatic carbocycles. The Kier molecular flexibility index (Phi) is 3.29. The molecule has 2 aromatic rings. The summed E-state index contributed by atoms with van der Waals surface area (Å²) in [5.41, 5.74) is 3.86. The molecule has 1 amide bonds. The zero-order valence-electron chi connectivity index (χ0n) is 14.8. The fraction of sp³-hybridized carbons (Fsp3) is 0.350. The third-order valence-electron chi connectivity index (χ3n) is 5.72. The van der Waals surface area contributed by atoms with Gasteiger partial charge in [0.15, 0.2) is 0 Å². The highest BCUT2D eigenvalue weighted by Gasteiger charge is 2.61. The Hall–Kier alpha value is -1.98. The third-order valence-corrected chi connectivity index (χ3v) is 7.16. The van der Waals surface area contributed by atoms with Gasteiger partial charge in [-0.25, -0.2) is 0 Å². The number of thiophene rings is 1. The number of amidine groups is 1. The van der Waals surface area contributed by atoms with Gasteiger partial charge in [0, 0.05) is 21.0 Å². The minimum Gasteiger partial charge on any atom is -0.272 e. The number of hydrogen-bond acceptors (Lipinski definition) is 4. The number of rotatable bonds is 1. The Morgan fingerprint density at radius 1 is 1.27 bits per heavy atom. The van der Waals surface area contributed by atoms with E-state index in [0.29, 0.717) is 10.9 Å². The van der Waals surface area contributed by atoms with Gasteiger partial charge >= 0.3 is 0 Å². The lowest BCUT2D eigenvalue weighted by molar-refractivity contribution is -0.115. The molecule has 1 aromatic heterocycles. The highest BCUT2D eigenvalue weighted by Crippen LogP contribution is 2.54. The zero-order chi connectivity index (χ0) is 18.2. The summed E-state index contributed by atoms with van der Waals surface area (Å²) in [6.07, 6.45) is 0.930. The largest absolute Gasteiger partial charge is 0.272 e. The highest BCUT2D eigenvalue weighted by molar-refractivity contribution is 7.17. The van der Waals surface area contributed by atoms with E-state index in [2.05, 4.69) is 25.8 Å². The molecule has 0 saturated heterocycles. The van der Waals surface area contributed by atoms with E-state index >= 15 is 0 Å². The Bertz CT molecular complexity index is 1020. The van der Waals surface area contributed by atoms with Crippen molar-refractivity contribution in [1.82, 2.24) is 0 Å². The van der Waals surface area contributed by atoms with Crippen molar-refractivity contribution in [2.75, 3.05) is 11.4 Å². The van der Waals surface area contributed by atoms with E-state index in [1.165, 1.54) is 10.4 Å².